The third-order valence-electron chi connectivity index (χ3n) is 4.94. The molecule has 1 aromatic heterocycles. The number of rotatable bonds is 3. The summed E-state index contributed by atoms with van der Waals surface area (Å²) < 4.78 is 79.6. The molecule has 0 radical (unpaired) electrons. The standard InChI is InChI=1S/C20H17F5O2S/c1-2-3-10-8-26-19(27-9-10)13-5-4-11-12-6-7-14(20(23,24)25)16(22)18(12)28-17(11)15(13)21/h4-7,10,19H,2-3,8-9H2,1H3. The largest absolute Gasteiger partial charge is 0.419 e. The second-order valence-electron chi connectivity index (χ2n) is 6.90. The van der Waals surface area contributed by atoms with E-state index >= 15 is 4.39 Å². The first-order chi connectivity index (χ1) is 13.3. The average Bonchev–Trinajstić information content (AvgIpc) is 3.03. The van der Waals surface area contributed by atoms with E-state index in [0.29, 0.717) is 36.0 Å². The van der Waals surface area contributed by atoms with Crippen molar-refractivity contribution in [3.8, 4) is 0 Å². The monoisotopic (exact) mass is 416 g/mol. The zero-order valence-electron chi connectivity index (χ0n) is 14.9. The molecule has 0 unspecified atom stereocenters. The molecule has 0 amide bonds. The molecule has 0 saturated carbocycles. The summed E-state index contributed by atoms with van der Waals surface area (Å²) in [6, 6.07) is 4.94. The molecule has 28 heavy (non-hydrogen) atoms. The molecule has 2 heterocycles. The van der Waals surface area contributed by atoms with Crippen molar-refractivity contribution in [2.45, 2.75) is 32.2 Å². The van der Waals surface area contributed by atoms with Crippen LogP contribution >= 0.6 is 11.3 Å². The maximum Gasteiger partial charge on any atom is 0.419 e. The van der Waals surface area contributed by atoms with Crippen LogP contribution in [0, 0.1) is 17.6 Å². The molecule has 0 atom stereocenters. The zero-order chi connectivity index (χ0) is 20.1. The predicted octanol–water partition coefficient (Wildman–Crippen LogP) is 6.81. The van der Waals surface area contributed by atoms with E-state index in [9.17, 15) is 17.6 Å². The highest BCUT2D eigenvalue weighted by atomic mass is 32.1. The van der Waals surface area contributed by atoms with Gasteiger partial charge in [-0.15, -0.1) is 11.3 Å². The van der Waals surface area contributed by atoms with Crippen molar-refractivity contribution in [1.29, 1.82) is 0 Å². The zero-order valence-corrected chi connectivity index (χ0v) is 15.7. The van der Waals surface area contributed by atoms with Gasteiger partial charge in [-0.1, -0.05) is 31.5 Å². The summed E-state index contributed by atoms with van der Waals surface area (Å²) >= 11 is 0.671. The highest BCUT2D eigenvalue weighted by Gasteiger charge is 2.35. The van der Waals surface area contributed by atoms with Gasteiger partial charge in [0.2, 0.25) is 0 Å². The van der Waals surface area contributed by atoms with E-state index in [1.165, 1.54) is 12.1 Å². The van der Waals surface area contributed by atoms with Gasteiger partial charge in [-0.3, -0.25) is 0 Å². The Labute approximate surface area is 161 Å². The van der Waals surface area contributed by atoms with Gasteiger partial charge in [0.05, 0.1) is 28.2 Å². The molecule has 1 saturated heterocycles. The SMILES string of the molecule is CCCC1COC(c2ccc3c(sc4c(F)c(C(F)(F)F)ccc43)c2F)OC1. The lowest BCUT2D eigenvalue weighted by molar-refractivity contribution is -0.207. The molecule has 1 aliphatic heterocycles. The van der Waals surface area contributed by atoms with Gasteiger partial charge < -0.3 is 9.47 Å². The first kappa shape index (κ1) is 19.5. The first-order valence-corrected chi connectivity index (χ1v) is 9.76. The number of alkyl halides is 3. The van der Waals surface area contributed by atoms with Crippen LogP contribution in [-0.2, 0) is 15.7 Å². The molecule has 0 N–H and O–H groups in total. The molecule has 0 aliphatic carbocycles. The lowest BCUT2D eigenvalue weighted by atomic mass is 10.0. The predicted molar refractivity (Wildman–Crippen MR) is 97.3 cm³/mol. The van der Waals surface area contributed by atoms with Crippen LogP contribution in [0.3, 0.4) is 0 Å². The summed E-state index contributed by atoms with van der Waals surface area (Å²) in [6.07, 6.45) is -3.74. The Hall–Kier alpha value is -1.77. The fraction of sp³-hybridized carbons (Fsp3) is 0.400. The van der Waals surface area contributed by atoms with Gasteiger partial charge in [0.1, 0.15) is 5.82 Å². The van der Waals surface area contributed by atoms with E-state index in [1.807, 2.05) is 0 Å². The average molecular weight is 416 g/mol. The molecule has 2 nitrogen and oxygen atoms in total. The van der Waals surface area contributed by atoms with E-state index < -0.39 is 29.7 Å². The molecular formula is C20H17F5O2S. The fourth-order valence-corrected chi connectivity index (χ4v) is 4.74. The van der Waals surface area contributed by atoms with Crippen LogP contribution in [0.25, 0.3) is 20.2 Å². The molecule has 8 heteroatoms. The van der Waals surface area contributed by atoms with Crippen molar-refractivity contribution >= 4 is 31.5 Å². The molecular weight excluding hydrogens is 399 g/mol. The Morgan fingerprint density at radius 1 is 0.964 bits per heavy atom. The number of hydrogen-bond donors (Lipinski definition) is 0. The highest BCUT2D eigenvalue weighted by Crippen LogP contribution is 2.43. The lowest BCUT2D eigenvalue weighted by Gasteiger charge is -2.29. The fourth-order valence-electron chi connectivity index (χ4n) is 3.55. The summed E-state index contributed by atoms with van der Waals surface area (Å²) in [6.45, 7) is 2.96. The molecule has 1 aliphatic rings. The van der Waals surface area contributed by atoms with Crippen LogP contribution in [0.2, 0.25) is 0 Å². The Kier molecular flexibility index (Phi) is 5.05. The Morgan fingerprint density at radius 3 is 2.18 bits per heavy atom. The third kappa shape index (κ3) is 3.27. The van der Waals surface area contributed by atoms with Crippen LogP contribution in [0.1, 0.15) is 37.2 Å². The normalized spacial score (nSPS) is 20.9. The molecule has 3 aromatic rings. The smallest absolute Gasteiger partial charge is 0.348 e. The number of ether oxygens (including phenoxy) is 2. The Morgan fingerprint density at radius 2 is 1.57 bits per heavy atom. The van der Waals surface area contributed by atoms with Crippen molar-refractivity contribution in [2.75, 3.05) is 13.2 Å². The van der Waals surface area contributed by atoms with Gasteiger partial charge in [0, 0.05) is 22.3 Å². The number of halogens is 5. The molecule has 0 spiro atoms. The Bertz CT molecular complexity index is 1020. The molecule has 1 fully saturated rings. The second kappa shape index (κ2) is 7.24. The number of thiophene rings is 1. The van der Waals surface area contributed by atoms with Crippen LogP contribution in [0.4, 0.5) is 22.0 Å². The minimum absolute atomic E-state index is 0.0913. The van der Waals surface area contributed by atoms with E-state index in [1.54, 1.807) is 6.07 Å². The van der Waals surface area contributed by atoms with E-state index in [4.69, 9.17) is 9.47 Å². The van der Waals surface area contributed by atoms with E-state index in [-0.39, 0.29) is 26.3 Å². The van der Waals surface area contributed by atoms with E-state index in [0.717, 1.165) is 12.8 Å². The molecule has 2 aromatic carbocycles. The third-order valence-corrected chi connectivity index (χ3v) is 6.15. The molecule has 4 rings (SSSR count). The van der Waals surface area contributed by atoms with Crippen molar-refractivity contribution in [3.05, 3.63) is 47.0 Å². The number of benzene rings is 2. The second-order valence-corrected chi connectivity index (χ2v) is 7.92. The number of hydrogen-bond acceptors (Lipinski definition) is 3. The summed E-state index contributed by atoms with van der Waals surface area (Å²) in [4.78, 5) is 0. The van der Waals surface area contributed by atoms with Crippen molar-refractivity contribution in [1.82, 2.24) is 0 Å². The first-order valence-electron chi connectivity index (χ1n) is 8.94. The van der Waals surface area contributed by atoms with Gasteiger partial charge in [-0.05, 0) is 12.5 Å². The van der Waals surface area contributed by atoms with Gasteiger partial charge in [-0.2, -0.15) is 13.2 Å². The van der Waals surface area contributed by atoms with Crippen LogP contribution in [0.5, 0.6) is 0 Å². The van der Waals surface area contributed by atoms with Gasteiger partial charge >= 0.3 is 6.18 Å². The summed E-state index contributed by atoms with van der Waals surface area (Å²) in [5.74, 6) is -1.77. The summed E-state index contributed by atoms with van der Waals surface area (Å²) in [7, 11) is 0. The maximum absolute atomic E-state index is 15.1. The Balaban J connectivity index is 1.75. The number of fused-ring (bicyclic) bond motifs is 3. The van der Waals surface area contributed by atoms with Crippen molar-refractivity contribution in [3.63, 3.8) is 0 Å². The maximum atomic E-state index is 15.1. The topological polar surface area (TPSA) is 18.5 Å². The summed E-state index contributed by atoms with van der Waals surface area (Å²) in [5, 5.41) is 0.623. The van der Waals surface area contributed by atoms with Gasteiger partial charge in [0.15, 0.2) is 12.1 Å². The van der Waals surface area contributed by atoms with Gasteiger partial charge in [0.25, 0.3) is 0 Å². The van der Waals surface area contributed by atoms with Crippen LogP contribution < -0.4 is 0 Å². The highest BCUT2D eigenvalue weighted by molar-refractivity contribution is 7.25. The minimum Gasteiger partial charge on any atom is -0.348 e. The van der Waals surface area contributed by atoms with Crippen LogP contribution in [-0.4, -0.2) is 13.2 Å². The quantitative estimate of drug-likeness (QED) is 0.437. The van der Waals surface area contributed by atoms with Gasteiger partial charge in [-0.25, -0.2) is 8.78 Å². The van der Waals surface area contributed by atoms with Crippen molar-refractivity contribution < 1.29 is 31.4 Å². The summed E-state index contributed by atoms with van der Waals surface area (Å²) in [5.41, 5.74) is -1.18. The minimum atomic E-state index is -4.81. The molecule has 150 valence electrons. The van der Waals surface area contributed by atoms with Crippen LogP contribution in [0.15, 0.2) is 24.3 Å². The van der Waals surface area contributed by atoms with E-state index in [2.05, 4.69) is 6.92 Å². The van der Waals surface area contributed by atoms with Crippen molar-refractivity contribution in [2.24, 2.45) is 5.92 Å². The lowest BCUT2D eigenvalue weighted by Crippen LogP contribution is -2.27. The molecule has 0 bridgehead atoms.